The summed E-state index contributed by atoms with van der Waals surface area (Å²) in [4.78, 5) is 2.08. The zero-order valence-corrected chi connectivity index (χ0v) is 10.7. The Morgan fingerprint density at radius 2 is 1.67 bits per heavy atom. The third kappa shape index (κ3) is 2.94. The van der Waals surface area contributed by atoms with Crippen LogP contribution in [-0.4, -0.2) is 19.2 Å². The van der Waals surface area contributed by atoms with E-state index in [0.717, 1.165) is 23.5 Å². The van der Waals surface area contributed by atoms with Gasteiger partial charge in [0, 0.05) is 20.6 Å². The van der Waals surface area contributed by atoms with Crippen LogP contribution in [0.15, 0.2) is 48.5 Å². The number of phenolic OH excluding ortho intramolecular Hbond substituents is 1. The monoisotopic (exact) mass is 242 g/mol. The maximum atomic E-state index is 9.23. The first kappa shape index (κ1) is 12.3. The molecule has 0 aliphatic carbocycles. The molecule has 0 radical (unpaired) electrons. The van der Waals surface area contributed by atoms with Crippen molar-refractivity contribution < 1.29 is 5.11 Å². The normalized spacial score (nSPS) is 10.1. The third-order valence-electron chi connectivity index (χ3n) is 2.81. The Labute approximate surface area is 108 Å². The summed E-state index contributed by atoms with van der Waals surface area (Å²) in [5.41, 5.74) is 3.41. The van der Waals surface area contributed by atoms with E-state index in [1.54, 1.807) is 12.1 Å². The van der Waals surface area contributed by atoms with Gasteiger partial charge in [-0.15, -0.1) is 0 Å². The number of benzene rings is 2. The van der Waals surface area contributed by atoms with Crippen LogP contribution < -0.4 is 10.2 Å². The molecule has 0 aliphatic heterocycles. The van der Waals surface area contributed by atoms with Crippen molar-refractivity contribution in [1.29, 1.82) is 0 Å². The molecule has 0 amide bonds. The maximum absolute atomic E-state index is 9.23. The molecule has 94 valence electrons. The first-order chi connectivity index (χ1) is 8.66. The Morgan fingerprint density at radius 1 is 1.00 bits per heavy atom. The number of nitrogens with one attached hydrogen (secondary N) is 1. The molecule has 0 aliphatic rings. The summed E-state index contributed by atoms with van der Waals surface area (Å²) in [5, 5.41) is 12.6. The van der Waals surface area contributed by atoms with E-state index in [0.29, 0.717) is 5.75 Å². The molecule has 0 aromatic heterocycles. The fourth-order valence-corrected chi connectivity index (χ4v) is 1.82. The molecule has 18 heavy (non-hydrogen) atoms. The molecule has 0 bridgehead atoms. The summed E-state index contributed by atoms with van der Waals surface area (Å²) in [6, 6.07) is 15.4. The van der Waals surface area contributed by atoms with E-state index < -0.39 is 0 Å². The van der Waals surface area contributed by atoms with Crippen molar-refractivity contribution in [2.75, 3.05) is 24.3 Å². The van der Waals surface area contributed by atoms with Gasteiger partial charge in [-0.2, -0.15) is 0 Å². The van der Waals surface area contributed by atoms with Crippen LogP contribution in [0.25, 0.3) is 0 Å². The molecule has 0 saturated carbocycles. The van der Waals surface area contributed by atoms with Gasteiger partial charge in [0.15, 0.2) is 0 Å². The van der Waals surface area contributed by atoms with Crippen molar-refractivity contribution >= 4 is 11.4 Å². The fourth-order valence-electron chi connectivity index (χ4n) is 1.82. The zero-order chi connectivity index (χ0) is 13.0. The largest absolute Gasteiger partial charge is 0.508 e. The van der Waals surface area contributed by atoms with Crippen LogP contribution >= 0.6 is 0 Å². The Hall–Kier alpha value is -2.16. The van der Waals surface area contributed by atoms with Crippen molar-refractivity contribution in [2.24, 2.45) is 0 Å². The smallest absolute Gasteiger partial charge is 0.115 e. The van der Waals surface area contributed by atoms with E-state index in [1.165, 1.54) is 0 Å². The molecule has 2 aromatic carbocycles. The van der Waals surface area contributed by atoms with Crippen LogP contribution in [0, 0.1) is 0 Å². The average molecular weight is 242 g/mol. The minimum Gasteiger partial charge on any atom is -0.508 e. The van der Waals surface area contributed by atoms with Crippen LogP contribution in [0.2, 0.25) is 0 Å². The van der Waals surface area contributed by atoms with Crippen molar-refractivity contribution in [1.82, 2.24) is 0 Å². The second-order valence-corrected chi connectivity index (χ2v) is 4.43. The number of phenols is 1. The van der Waals surface area contributed by atoms with Crippen molar-refractivity contribution in [3.05, 3.63) is 54.1 Å². The van der Waals surface area contributed by atoms with Crippen LogP contribution in [0.5, 0.6) is 5.75 Å². The van der Waals surface area contributed by atoms with Crippen molar-refractivity contribution in [3.63, 3.8) is 0 Å². The minimum absolute atomic E-state index is 0.299. The van der Waals surface area contributed by atoms with E-state index in [4.69, 9.17) is 0 Å². The van der Waals surface area contributed by atoms with Gasteiger partial charge in [-0.3, -0.25) is 0 Å². The lowest BCUT2D eigenvalue weighted by atomic mass is 10.2. The highest BCUT2D eigenvalue weighted by Crippen LogP contribution is 2.24. The van der Waals surface area contributed by atoms with E-state index in [1.807, 2.05) is 38.4 Å². The Balaban J connectivity index is 2.08. The standard InChI is InChI=1S/C15H18N2O/c1-17(2)15-6-4-3-5-14(15)16-11-12-7-9-13(18)10-8-12/h3-10,16,18H,11H2,1-2H3. The first-order valence-electron chi connectivity index (χ1n) is 5.95. The highest BCUT2D eigenvalue weighted by atomic mass is 16.3. The lowest BCUT2D eigenvalue weighted by molar-refractivity contribution is 0.475. The second kappa shape index (κ2) is 5.45. The molecular formula is C15H18N2O. The highest BCUT2D eigenvalue weighted by Gasteiger charge is 2.02. The van der Waals surface area contributed by atoms with Crippen LogP contribution in [0.4, 0.5) is 11.4 Å². The van der Waals surface area contributed by atoms with Crippen LogP contribution in [-0.2, 0) is 6.54 Å². The van der Waals surface area contributed by atoms with Gasteiger partial charge in [-0.25, -0.2) is 0 Å². The highest BCUT2D eigenvalue weighted by molar-refractivity contribution is 5.69. The third-order valence-corrected chi connectivity index (χ3v) is 2.81. The van der Waals surface area contributed by atoms with Crippen LogP contribution in [0.1, 0.15) is 5.56 Å². The lowest BCUT2D eigenvalue weighted by Gasteiger charge is -2.18. The molecule has 2 rings (SSSR count). The van der Waals surface area contributed by atoms with E-state index in [2.05, 4.69) is 22.3 Å². The van der Waals surface area contributed by atoms with Gasteiger partial charge in [0.2, 0.25) is 0 Å². The van der Waals surface area contributed by atoms with Crippen molar-refractivity contribution in [3.8, 4) is 5.75 Å². The number of nitrogens with zero attached hydrogens (tertiary/aromatic N) is 1. The summed E-state index contributed by atoms with van der Waals surface area (Å²) < 4.78 is 0. The molecule has 3 heteroatoms. The summed E-state index contributed by atoms with van der Waals surface area (Å²) in [6.45, 7) is 0.741. The van der Waals surface area contributed by atoms with Gasteiger partial charge in [-0.1, -0.05) is 24.3 Å². The maximum Gasteiger partial charge on any atom is 0.115 e. The Bertz CT molecular complexity index is 506. The lowest BCUT2D eigenvalue weighted by Crippen LogP contribution is -2.12. The Kier molecular flexibility index (Phi) is 3.72. The van der Waals surface area contributed by atoms with E-state index in [-0.39, 0.29) is 0 Å². The number of aromatic hydroxyl groups is 1. The molecule has 0 heterocycles. The van der Waals surface area contributed by atoms with Gasteiger partial charge >= 0.3 is 0 Å². The minimum atomic E-state index is 0.299. The molecular weight excluding hydrogens is 224 g/mol. The molecule has 2 aromatic rings. The van der Waals surface area contributed by atoms with Gasteiger partial charge in [-0.05, 0) is 29.8 Å². The van der Waals surface area contributed by atoms with Crippen molar-refractivity contribution in [2.45, 2.75) is 6.54 Å². The molecule has 3 nitrogen and oxygen atoms in total. The topological polar surface area (TPSA) is 35.5 Å². The fraction of sp³-hybridized carbons (Fsp3) is 0.200. The predicted molar refractivity (Wildman–Crippen MR) is 76.2 cm³/mol. The second-order valence-electron chi connectivity index (χ2n) is 4.43. The first-order valence-corrected chi connectivity index (χ1v) is 5.95. The number of para-hydroxylation sites is 2. The van der Waals surface area contributed by atoms with E-state index in [9.17, 15) is 5.11 Å². The predicted octanol–water partition coefficient (Wildman–Crippen LogP) is 3.07. The van der Waals surface area contributed by atoms with Crippen LogP contribution in [0.3, 0.4) is 0 Å². The molecule has 0 unspecified atom stereocenters. The van der Waals surface area contributed by atoms with Gasteiger partial charge in [0.1, 0.15) is 5.75 Å². The molecule has 0 saturated heterocycles. The summed E-state index contributed by atoms with van der Waals surface area (Å²) in [5.74, 6) is 0.299. The Morgan fingerprint density at radius 3 is 2.33 bits per heavy atom. The number of anilines is 2. The van der Waals surface area contributed by atoms with Gasteiger partial charge < -0.3 is 15.3 Å². The van der Waals surface area contributed by atoms with Gasteiger partial charge in [0.05, 0.1) is 11.4 Å². The zero-order valence-electron chi connectivity index (χ0n) is 10.7. The molecule has 0 atom stereocenters. The molecule has 0 fully saturated rings. The quantitative estimate of drug-likeness (QED) is 0.865. The summed E-state index contributed by atoms with van der Waals surface area (Å²) in [7, 11) is 4.06. The average Bonchev–Trinajstić information content (AvgIpc) is 2.38. The molecule has 0 spiro atoms. The van der Waals surface area contributed by atoms with E-state index >= 15 is 0 Å². The molecule has 2 N–H and O–H groups in total. The SMILES string of the molecule is CN(C)c1ccccc1NCc1ccc(O)cc1. The number of rotatable bonds is 4. The number of hydrogen-bond donors (Lipinski definition) is 2. The summed E-state index contributed by atoms with van der Waals surface area (Å²) in [6.07, 6.45) is 0. The number of hydrogen-bond acceptors (Lipinski definition) is 3. The summed E-state index contributed by atoms with van der Waals surface area (Å²) >= 11 is 0. The van der Waals surface area contributed by atoms with Gasteiger partial charge in [0.25, 0.3) is 0 Å².